The summed E-state index contributed by atoms with van der Waals surface area (Å²) >= 11 is 0. The maximum absolute atomic E-state index is 5.84. The third-order valence-electron chi connectivity index (χ3n) is 3.40. The summed E-state index contributed by atoms with van der Waals surface area (Å²) in [6.07, 6.45) is 4.63. The van der Waals surface area contributed by atoms with Crippen LogP contribution in [0.15, 0.2) is 30.6 Å². The second-order valence-corrected chi connectivity index (χ2v) is 5.06. The highest BCUT2D eigenvalue weighted by Crippen LogP contribution is 2.30. The number of rotatable bonds is 3. The van der Waals surface area contributed by atoms with E-state index in [-0.39, 0.29) is 12.1 Å². The molecule has 5 heteroatoms. The van der Waals surface area contributed by atoms with Crippen molar-refractivity contribution in [1.82, 2.24) is 15.0 Å². The van der Waals surface area contributed by atoms with Gasteiger partial charge >= 0.3 is 0 Å². The highest BCUT2D eigenvalue weighted by atomic mass is 16.5. The lowest BCUT2D eigenvalue weighted by molar-refractivity contribution is 0.107. The Bertz CT molecular complexity index is 567. The molecule has 2 aromatic rings. The predicted molar refractivity (Wildman–Crippen MR) is 76.5 cm³/mol. The Morgan fingerprint density at radius 3 is 2.95 bits per heavy atom. The average molecular weight is 270 g/mol. The van der Waals surface area contributed by atoms with Crippen molar-refractivity contribution in [2.24, 2.45) is 0 Å². The molecule has 2 aromatic heterocycles. The molecule has 0 spiro atoms. The number of aromatic nitrogens is 3. The summed E-state index contributed by atoms with van der Waals surface area (Å²) in [7, 11) is 0. The van der Waals surface area contributed by atoms with E-state index >= 15 is 0 Å². The molecule has 3 rings (SSSR count). The molecule has 5 nitrogen and oxygen atoms in total. The van der Waals surface area contributed by atoms with Crippen LogP contribution in [0.1, 0.15) is 29.6 Å². The molecule has 1 N–H and O–H groups in total. The number of hydrogen-bond acceptors (Lipinski definition) is 5. The monoisotopic (exact) mass is 270 g/mol. The van der Waals surface area contributed by atoms with Crippen LogP contribution in [0.2, 0.25) is 0 Å². The van der Waals surface area contributed by atoms with Gasteiger partial charge in [-0.1, -0.05) is 6.07 Å². The minimum Gasteiger partial charge on any atom is -0.371 e. The van der Waals surface area contributed by atoms with Gasteiger partial charge in [0.25, 0.3) is 0 Å². The molecule has 0 bridgehead atoms. The predicted octanol–water partition coefficient (Wildman–Crippen LogP) is 2.43. The van der Waals surface area contributed by atoms with Crippen LogP contribution in [0.25, 0.3) is 0 Å². The molecule has 0 radical (unpaired) electrons. The number of anilines is 1. The summed E-state index contributed by atoms with van der Waals surface area (Å²) in [5.41, 5.74) is 2.07. The zero-order valence-electron chi connectivity index (χ0n) is 11.7. The Labute approximate surface area is 118 Å². The quantitative estimate of drug-likeness (QED) is 0.928. The number of aryl methyl sites for hydroxylation is 2. The summed E-state index contributed by atoms with van der Waals surface area (Å²) in [5.74, 6) is 1.64. The SMILES string of the molecule is Cc1cc(N[C@H]2CCO[C@@H]2c2cccnc2)nc(C)n1. The molecule has 0 saturated carbocycles. The summed E-state index contributed by atoms with van der Waals surface area (Å²) in [6, 6.07) is 6.17. The zero-order valence-corrected chi connectivity index (χ0v) is 11.7. The molecule has 1 saturated heterocycles. The van der Waals surface area contributed by atoms with Crippen LogP contribution in [-0.4, -0.2) is 27.6 Å². The fourth-order valence-corrected chi connectivity index (χ4v) is 2.59. The van der Waals surface area contributed by atoms with Crippen molar-refractivity contribution in [2.75, 3.05) is 11.9 Å². The van der Waals surface area contributed by atoms with Crippen LogP contribution in [0, 0.1) is 13.8 Å². The van der Waals surface area contributed by atoms with Gasteiger partial charge in [-0.05, 0) is 26.3 Å². The molecule has 104 valence electrons. The van der Waals surface area contributed by atoms with Gasteiger partial charge in [0.15, 0.2) is 0 Å². The first-order valence-electron chi connectivity index (χ1n) is 6.83. The van der Waals surface area contributed by atoms with Crippen molar-refractivity contribution >= 4 is 5.82 Å². The minimum atomic E-state index is 0.0271. The van der Waals surface area contributed by atoms with Crippen LogP contribution in [0.3, 0.4) is 0 Å². The Kier molecular flexibility index (Phi) is 3.60. The first-order chi connectivity index (χ1) is 9.72. The fraction of sp³-hybridized carbons (Fsp3) is 0.400. The van der Waals surface area contributed by atoms with Crippen molar-refractivity contribution in [3.05, 3.63) is 47.7 Å². The third kappa shape index (κ3) is 2.77. The van der Waals surface area contributed by atoms with E-state index in [0.29, 0.717) is 0 Å². The zero-order chi connectivity index (χ0) is 13.9. The lowest BCUT2D eigenvalue weighted by atomic mass is 10.0. The van der Waals surface area contributed by atoms with Gasteiger partial charge in [-0.2, -0.15) is 0 Å². The van der Waals surface area contributed by atoms with Crippen molar-refractivity contribution in [2.45, 2.75) is 32.4 Å². The summed E-state index contributed by atoms with van der Waals surface area (Å²) < 4.78 is 5.84. The second kappa shape index (κ2) is 5.54. The van der Waals surface area contributed by atoms with Gasteiger partial charge in [0, 0.05) is 36.3 Å². The van der Waals surface area contributed by atoms with Gasteiger partial charge < -0.3 is 10.1 Å². The van der Waals surface area contributed by atoms with E-state index in [0.717, 1.165) is 35.9 Å². The molecule has 0 amide bonds. The first kappa shape index (κ1) is 13.0. The molecule has 1 aliphatic heterocycles. The van der Waals surface area contributed by atoms with Crippen LogP contribution >= 0.6 is 0 Å². The van der Waals surface area contributed by atoms with Gasteiger partial charge in [-0.3, -0.25) is 4.98 Å². The molecule has 0 aliphatic carbocycles. The van der Waals surface area contributed by atoms with Crippen molar-refractivity contribution in [3.8, 4) is 0 Å². The minimum absolute atomic E-state index is 0.0271. The van der Waals surface area contributed by atoms with Crippen LogP contribution in [0.5, 0.6) is 0 Å². The summed E-state index contributed by atoms with van der Waals surface area (Å²) in [6.45, 7) is 4.63. The highest BCUT2D eigenvalue weighted by molar-refractivity contribution is 5.38. The van der Waals surface area contributed by atoms with E-state index in [1.165, 1.54) is 0 Å². The molecule has 3 heterocycles. The van der Waals surface area contributed by atoms with Gasteiger partial charge in [0.1, 0.15) is 17.7 Å². The molecule has 1 fully saturated rings. The molecule has 1 aliphatic rings. The standard InChI is InChI=1S/C15H18N4O/c1-10-8-14(18-11(2)17-10)19-13-5-7-20-15(13)12-4-3-6-16-9-12/h3-4,6,8-9,13,15H,5,7H2,1-2H3,(H,17,18,19)/t13-,15+/m0/s1. The molecular formula is C15H18N4O. The lowest BCUT2D eigenvalue weighted by Crippen LogP contribution is -2.24. The van der Waals surface area contributed by atoms with E-state index in [1.54, 1.807) is 6.20 Å². The average Bonchev–Trinajstić information content (AvgIpc) is 2.86. The molecule has 0 aromatic carbocycles. The number of hydrogen-bond donors (Lipinski definition) is 1. The molecule has 0 unspecified atom stereocenters. The fourth-order valence-electron chi connectivity index (χ4n) is 2.59. The lowest BCUT2D eigenvalue weighted by Gasteiger charge is -2.20. The maximum atomic E-state index is 5.84. The van der Waals surface area contributed by atoms with Gasteiger partial charge in [0.05, 0.1) is 6.04 Å². The number of pyridine rings is 1. The highest BCUT2D eigenvalue weighted by Gasteiger charge is 2.30. The molecule has 2 atom stereocenters. The summed E-state index contributed by atoms with van der Waals surface area (Å²) in [5, 5.41) is 3.47. The van der Waals surface area contributed by atoms with Crippen LogP contribution in [-0.2, 0) is 4.74 Å². The van der Waals surface area contributed by atoms with Gasteiger partial charge in [-0.25, -0.2) is 9.97 Å². The largest absolute Gasteiger partial charge is 0.371 e. The number of nitrogens with one attached hydrogen (secondary N) is 1. The van der Waals surface area contributed by atoms with Crippen LogP contribution < -0.4 is 5.32 Å². The van der Waals surface area contributed by atoms with Crippen molar-refractivity contribution < 1.29 is 4.74 Å². The van der Waals surface area contributed by atoms with Crippen molar-refractivity contribution in [1.29, 1.82) is 0 Å². The molecular weight excluding hydrogens is 252 g/mol. The van der Waals surface area contributed by atoms with Crippen LogP contribution in [0.4, 0.5) is 5.82 Å². The Morgan fingerprint density at radius 1 is 1.30 bits per heavy atom. The Morgan fingerprint density at radius 2 is 2.20 bits per heavy atom. The Hall–Kier alpha value is -2.01. The molecule has 20 heavy (non-hydrogen) atoms. The smallest absolute Gasteiger partial charge is 0.130 e. The second-order valence-electron chi connectivity index (χ2n) is 5.06. The van der Waals surface area contributed by atoms with E-state index in [4.69, 9.17) is 4.74 Å². The third-order valence-corrected chi connectivity index (χ3v) is 3.40. The first-order valence-corrected chi connectivity index (χ1v) is 6.83. The normalized spacial score (nSPS) is 21.9. The summed E-state index contributed by atoms with van der Waals surface area (Å²) in [4.78, 5) is 12.9. The number of ether oxygens (including phenoxy) is 1. The van der Waals surface area contributed by atoms with Crippen molar-refractivity contribution in [3.63, 3.8) is 0 Å². The van der Waals surface area contributed by atoms with Gasteiger partial charge in [0.2, 0.25) is 0 Å². The Balaban J connectivity index is 1.79. The maximum Gasteiger partial charge on any atom is 0.130 e. The van der Waals surface area contributed by atoms with E-state index in [9.17, 15) is 0 Å². The van der Waals surface area contributed by atoms with Gasteiger partial charge in [-0.15, -0.1) is 0 Å². The number of nitrogens with zero attached hydrogens (tertiary/aromatic N) is 3. The van der Waals surface area contributed by atoms with E-state index < -0.39 is 0 Å². The topological polar surface area (TPSA) is 59.9 Å². The van der Waals surface area contributed by atoms with E-state index in [1.807, 2.05) is 38.2 Å². The van der Waals surface area contributed by atoms with E-state index in [2.05, 4.69) is 20.3 Å².